The summed E-state index contributed by atoms with van der Waals surface area (Å²) in [5.41, 5.74) is 1.74. The molecule has 1 amide bonds. The predicted octanol–water partition coefficient (Wildman–Crippen LogP) is 3.81. The Labute approximate surface area is 194 Å². The lowest BCUT2D eigenvalue weighted by atomic mass is 10.2. The third-order valence-electron chi connectivity index (χ3n) is 5.24. The van der Waals surface area contributed by atoms with E-state index in [0.717, 1.165) is 58.7 Å². The highest BCUT2D eigenvalue weighted by molar-refractivity contribution is 7.22. The lowest BCUT2D eigenvalue weighted by molar-refractivity contribution is -0.384. The minimum Gasteiger partial charge on any atom is -0.351 e. The Bertz CT molecular complexity index is 1140. The van der Waals surface area contributed by atoms with Crippen LogP contribution in [0.2, 0.25) is 5.02 Å². The first-order chi connectivity index (χ1) is 15.5. The highest BCUT2D eigenvalue weighted by Gasteiger charge is 2.19. The summed E-state index contributed by atoms with van der Waals surface area (Å²) in [6, 6.07) is 11.8. The second-order valence-electron chi connectivity index (χ2n) is 7.41. The minimum absolute atomic E-state index is 0.0271. The van der Waals surface area contributed by atoms with Crippen molar-refractivity contribution in [3.8, 4) is 0 Å². The van der Waals surface area contributed by atoms with Gasteiger partial charge in [-0.15, -0.1) is 0 Å². The van der Waals surface area contributed by atoms with Crippen LogP contribution in [0.3, 0.4) is 0 Å². The molecule has 1 saturated heterocycles. The first kappa shape index (κ1) is 22.2. The van der Waals surface area contributed by atoms with Gasteiger partial charge < -0.3 is 10.2 Å². The van der Waals surface area contributed by atoms with Crippen molar-refractivity contribution in [2.75, 3.05) is 44.2 Å². The minimum atomic E-state index is -0.449. The molecule has 0 aliphatic carbocycles. The van der Waals surface area contributed by atoms with E-state index in [9.17, 15) is 14.9 Å². The van der Waals surface area contributed by atoms with Gasteiger partial charge in [0.05, 0.1) is 15.1 Å². The van der Waals surface area contributed by atoms with E-state index in [1.807, 2.05) is 18.2 Å². The molecule has 0 atom stereocenters. The maximum atomic E-state index is 12.0. The number of anilines is 1. The number of carbonyl (C=O) groups is 1. The largest absolute Gasteiger partial charge is 0.351 e. The number of amides is 1. The number of nitrogens with one attached hydrogen (secondary N) is 1. The average molecular weight is 472 g/mol. The van der Waals surface area contributed by atoms with Crippen molar-refractivity contribution < 1.29 is 9.72 Å². The normalized spacial score (nSPS) is 14.8. The van der Waals surface area contributed by atoms with Gasteiger partial charge in [0.2, 0.25) is 5.91 Å². The third kappa shape index (κ3) is 5.61. The fourth-order valence-electron chi connectivity index (χ4n) is 3.46. The molecule has 1 N–H and O–H groups in total. The number of nitrogens with zero attached hydrogens (tertiary/aromatic N) is 4. The number of benzene rings is 2. The molecule has 0 unspecified atom stereocenters. The second-order valence-corrected chi connectivity index (χ2v) is 8.86. The van der Waals surface area contributed by atoms with Crippen LogP contribution >= 0.6 is 22.9 Å². The number of carbonyl (C=O) groups excluding carboxylic acids is 1. The molecule has 2 heterocycles. The molecule has 1 aliphatic heterocycles. The molecule has 8 nitrogen and oxygen atoms in total. The van der Waals surface area contributed by atoms with Gasteiger partial charge in [0.25, 0.3) is 5.69 Å². The van der Waals surface area contributed by atoms with E-state index >= 15 is 0 Å². The van der Waals surface area contributed by atoms with Crippen LogP contribution in [0.15, 0.2) is 48.5 Å². The van der Waals surface area contributed by atoms with E-state index in [4.69, 9.17) is 16.6 Å². The molecule has 1 aromatic heterocycles. The summed E-state index contributed by atoms with van der Waals surface area (Å²) in [5.74, 6) is -0.185. The van der Waals surface area contributed by atoms with Crippen LogP contribution in [-0.4, -0.2) is 60.0 Å². The molecule has 0 saturated carbocycles. The summed E-state index contributed by atoms with van der Waals surface area (Å²) >= 11 is 7.73. The van der Waals surface area contributed by atoms with E-state index in [2.05, 4.69) is 15.1 Å². The highest BCUT2D eigenvalue weighted by atomic mass is 35.5. The van der Waals surface area contributed by atoms with Gasteiger partial charge >= 0.3 is 0 Å². The zero-order chi connectivity index (χ0) is 22.5. The molecular weight excluding hydrogens is 450 g/mol. The second kappa shape index (κ2) is 10.1. The zero-order valence-corrected chi connectivity index (χ0v) is 18.8. The van der Waals surface area contributed by atoms with Crippen LogP contribution in [0, 0.1) is 10.1 Å². The van der Waals surface area contributed by atoms with Gasteiger partial charge in [0, 0.05) is 62.5 Å². The summed E-state index contributed by atoms with van der Waals surface area (Å²) in [6.45, 7) is 4.93. The van der Waals surface area contributed by atoms with Crippen molar-refractivity contribution in [2.45, 2.75) is 0 Å². The summed E-state index contributed by atoms with van der Waals surface area (Å²) in [5, 5.41) is 15.3. The Morgan fingerprint density at radius 2 is 1.94 bits per heavy atom. The summed E-state index contributed by atoms with van der Waals surface area (Å²) in [4.78, 5) is 31.6. The molecule has 1 fully saturated rings. The topological polar surface area (TPSA) is 91.6 Å². The van der Waals surface area contributed by atoms with Crippen molar-refractivity contribution in [2.24, 2.45) is 0 Å². The fourth-order valence-corrected chi connectivity index (χ4v) is 4.75. The van der Waals surface area contributed by atoms with Gasteiger partial charge in [0.15, 0.2) is 5.13 Å². The van der Waals surface area contributed by atoms with E-state index in [1.165, 1.54) is 18.2 Å². The predicted molar refractivity (Wildman–Crippen MR) is 128 cm³/mol. The third-order valence-corrected chi connectivity index (χ3v) is 6.55. The van der Waals surface area contributed by atoms with Crippen LogP contribution < -0.4 is 10.2 Å². The standard InChI is InChI=1S/C22H22ClN5O3S/c23-17-4-7-19-20(15-17)32-22(25-19)27-13-11-26(12-14-27)10-9-24-21(29)8-3-16-1-5-18(6-2-16)28(30)31/h1-8,15H,9-14H2,(H,24,29)/b8-3-. The number of aromatic nitrogens is 1. The molecule has 0 bridgehead atoms. The Morgan fingerprint density at radius 1 is 1.19 bits per heavy atom. The number of hydrogen-bond acceptors (Lipinski definition) is 7. The number of nitro groups is 1. The van der Waals surface area contributed by atoms with Crippen molar-refractivity contribution in [1.82, 2.24) is 15.2 Å². The summed E-state index contributed by atoms with van der Waals surface area (Å²) in [7, 11) is 0. The fraction of sp³-hybridized carbons (Fsp3) is 0.273. The van der Waals surface area contributed by atoms with Gasteiger partial charge in [-0.05, 0) is 42.0 Å². The molecule has 0 radical (unpaired) electrons. The number of halogens is 1. The monoisotopic (exact) mass is 471 g/mol. The lowest BCUT2D eigenvalue weighted by Gasteiger charge is -2.34. The number of nitro benzene ring substituents is 1. The first-order valence-corrected chi connectivity index (χ1v) is 11.4. The Balaban J connectivity index is 1.19. The van der Waals surface area contributed by atoms with Crippen molar-refractivity contribution >= 4 is 56.0 Å². The van der Waals surface area contributed by atoms with E-state index in [0.29, 0.717) is 6.54 Å². The Kier molecular flexibility index (Phi) is 6.99. The molecule has 32 heavy (non-hydrogen) atoms. The van der Waals surface area contributed by atoms with Crippen molar-refractivity contribution in [3.63, 3.8) is 0 Å². The molecule has 4 rings (SSSR count). The van der Waals surface area contributed by atoms with Crippen molar-refractivity contribution in [3.05, 3.63) is 69.2 Å². The molecule has 166 valence electrons. The number of fused-ring (bicyclic) bond motifs is 1. The molecule has 10 heteroatoms. The summed E-state index contributed by atoms with van der Waals surface area (Å²) in [6.07, 6.45) is 3.08. The average Bonchev–Trinajstić information content (AvgIpc) is 3.21. The SMILES string of the molecule is O=C(/C=C\c1ccc([N+](=O)[O-])cc1)NCCN1CCN(c2nc3ccc(Cl)cc3s2)CC1. The van der Waals surface area contributed by atoms with Gasteiger partial charge in [-0.25, -0.2) is 4.98 Å². The number of non-ortho nitro benzene ring substituents is 1. The lowest BCUT2D eigenvalue weighted by Crippen LogP contribution is -2.48. The number of hydrogen-bond donors (Lipinski definition) is 1. The Morgan fingerprint density at radius 3 is 2.66 bits per heavy atom. The maximum absolute atomic E-state index is 12.0. The number of piperazine rings is 1. The van der Waals surface area contributed by atoms with Gasteiger partial charge in [-0.1, -0.05) is 22.9 Å². The highest BCUT2D eigenvalue weighted by Crippen LogP contribution is 2.31. The van der Waals surface area contributed by atoms with Crippen LogP contribution in [0.5, 0.6) is 0 Å². The Hall–Kier alpha value is -3.01. The maximum Gasteiger partial charge on any atom is 0.269 e. The smallest absolute Gasteiger partial charge is 0.269 e. The van der Waals surface area contributed by atoms with Crippen LogP contribution in [0.1, 0.15) is 5.56 Å². The molecule has 0 spiro atoms. The van der Waals surface area contributed by atoms with Crippen LogP contribution in [-0.2, 0) is 4.79 Å². The van der Waals surface area contributed by atoms with Gasteiger partial charge in [0.1, 0.15) is 0 Å². The van der Waals surface area contributed by atoms with Crippen LogP contribution in [0.4, 0.5) is 10.8 Å². The molecular formula is C22H22ClN5O3S. The zero-order valence-electron chi connectivity index (χ0n) is 17.2. The van der Waals surface area contributed by atoms with E-state index < -0.39 is 4.92 Å². The van der Waals surface area contributed by atoms with E-state index in [-0.39, 0.29) is 11.6 Å². The number of thiazole rings is 1. The van der Waals surface area contributed by atoms with E-state index in [1.54, 1.807) is 29.5 Å². The number of rotatable bonds is 7. The first-order valence-electron chi connectivity index (χ1n) is 10.2. The molecule has 3 aromatic rings. The van der Waals surface area contributed by atoms with Gasteiger partial charge in [-0.3, -0.25) is 19.8 Å². The van der Waals surface area contributed by atoms with Gasteiger partial charge in [-0.2, -0.15) is 0 Å². The van der Waals surface area contributed by atoms with Crippen molar-refractivity contribution in [1.29, 1.82) is 0 Å². The quantitative estimate of drug-likeness (QED) is 0.320. The molecule has 1 aliphatic rings. The van der Waals surface area contributed by atoms with Crippen LogP contribution in [0.25, 0.3) is 16.3 Å². The molecule has 2 aromatic carbocycles. The summed E-state index contributed by atoms with van der Waals surface area (Å²) < 4.78 is 1.10.